The van der Waals surface area contributed by atoms with Crippen molar-refractivity contribution < 1.29 is 24.1 Å². The summed E-state index contributed by atoms with van der Waals surface area (Å²) in [6.07, 6.45) is 3.18. The van der Waals surface area contributed by atoms with Crippen LogP contribution in [0.15, 0.2) is 10.5 Å². The molecule has 0 saturated heterocycles. The van der Waals surface area contributed by atoms with Gasteiger partial charge < -0.3 is 14.9 Å². The minimum atomic E-state index is -1.26. The molecule has 0 radical (unpaired) electrons. The fraction of sp³-hybridized carbons (Fsp3) is 0.500. The maximum absolute atomic E-state index is 14.6. The van der Waals surface area contributed by atoms with Crippen LogP contribution in [-0.4, -0.2) is 23.3 Å². The number of hydrogen-bond acceptors (Lipinski definition) is 3. The second-order valence-electron chi connectivity index (χ2n) is 5.05. The lowest BCUT2D eigenvalue weighted by atomic mass is 9.69. The summed E-state index contributed by atoms with van der Waals surface area (Å²) in [4.78, 5) is 11.8. The van der Waals surface area contributed by atoms with Gasteiger partial charge in [0.25, 0.3) is 0 Å². The Morgan fingerprint density at radius 1 is 1.40 bits per heavy atom. The molecule has 1 aromatic carbocycles. The minimum absolute atomic E-state index is 0.0688. The van der Waals surface area contributed by atoms with E-state index in [1.54, 1.807) is 0 Å². The summed E-state index contributed by atoms with van der Waals surface area (Å²) in [5, 5.41) is 19.3. The third-order valence-corrected chi connectivity index (χ3v) is 4.58. The van der Waals surface area contributed by atoms with E-state index in [-0.39, 0.29) is 21.5 Å². The molecular formula is C14H16BrFO4. The van der Waals surface area contributed by atoms with Gasteiger partial charge in [0.1, 0.15) is 0 Å². The number of carboxylic acids is 1. The molecule has 20 heavy (non-hydrogen) atoms. The molecule has 1 aliphatic carbocycles. The van der Waals surface area contributed by atoms with Crippen molar-refractivity contribution in [3.05, 3.63) is 21.9 Å². The molecule has 0 amide bonds. The smallest absolute Gasteiger partial charge is 0.314 e. The first kappa shape index (κ1) is 15.1. The number of hydrogen-bond donors (Lipinski definition) is 2. The lowest BCUT2D eigenvalue weighted by Crippen LogP contribution is -2.39. The van der Waals surface area contributed by atoms with E-state index in [2.05, 4.69) is 15.9 Å². The van der Waals surface area contributed by atoms with Gasteiger partial charge in [0.2, 0.25) is 0 Å². The average Bonchev–Trinajstić information content (AvgIpc) is 2.39. The summed E-state index contributed by atoms with van der Waals surface area (Å²) < 4.78 is 19.7. The first-order valence-electron chi connectivity index (χ1n) is 6.43. The molecule has 0 unspecified atom stereocenters. The van der Waals surface area contributed by atoms with Gasteiger partial charge in [-0.3, -0.25) is 4.79 Å². The molecule has 0 spiro atoms. The van der Waals surface area contributed by atoms with E-state index in [4.69, 9.17) is 4.74 Å². The van der Waals surface area contributed by atoms with Crippen LogP contribution in [0.5, 0.6) is 11.5 Å². The topological polar surface area (TPSA) is 66.8 Å². The number of benzene rings is 1. The Kier molecular flexibility index (Phi) is 4.22. The number of halogens is 2. The Hall–Kier alpha value is -1.30. The van der Waals surface area contributed by atoms with Gasteiger partial charge in [-0.1, -0.05) is 35.2 Å². The van der Waals surface area contributed by atoms with Gasteiger partial charge in [0.05, 0.1) is 12.5 Å². The van der Waals surface area contributed by atoms with Gasteiger partial charge in [-0.25, -0.2) is 4.39 Å². The predicted octanol–water partition coefficient (Wildman–Crippen LogP) is 3.59. The van der Waals surface area contributed by atoms with Crippen molar-refractivity contribution in [1.82, 2.24) is 0 Å². The number of carboxylic acid groups (broad SMARTS) is 1. The number of phenols is 1. The maximum Gasteiger partial charge on any atom is 0.314 e. The number of aromatic hydroxyl groups is 1. The molecular weight excluding hydrogens is 331 g/mol. The van der Waals surface area contributed by atoms with Crippen molar-refractivity contribution in [1.29, 1.82) is 0 Å². The number of rotatable bonds is 3. The molecule has 1 aromatic rings. The van der Waals surface area contributed by atoms with Crippen LogP contribution in [0, 0.1) is 5.82 Å². The highest BCUT2D eigenvalue weighted by Crippen LogP contribution is 2.48. The first-order chi connectivity index (χ1) is 9.44. The Bertz CT molecular complexity index is 538. The second-order valence-corrected chi connectivity index (χ2v) is 5.90. The molecule has 1 saturated carbocycles. The van der Waals surface area contributed by atoms with E-state index in [1.165, 1.54) is 13.2 Å². The molecule has 2 rings (SSSR count). The van der Waals surface area contributed by atoms with Crippen molar-refractivity contribution >= 4 is 21.9 Å². The van der Waals surface area contributed by atoms with Crippen molar-refractivity contribution in [2.75, 3.05) is 7.11 Å². The van der Waals surface area contributed by atoms with E-state index in [1.807, 2.05) is 0 Å². The van der Waals surface area contributed by atoms with E-state index >= 15 is 0 Å². The van der Waals surface area contributed by atoms with E-state index in [0.29, 0.717) is 12.8 Å². The van der Waals surface area contributed by atoms with E-state index in [9.17, 15) is 19.4 Å². The van der Waals surface area contributed by atoms with Crippen LogP contribution in [0.1, 0.15) is 37.7 Å². The van der Waals surface area contributed by atoms with Gasteiger partial charge in [0.15, 0.2) is 17.3 Å². The predicted molar refractivity (Wildman–Crippen MR) is 74.7 cm³/mol. The number of carbonyl (C=O) groups is 1. The maximum atomic E-state index is 14.6. The molecule has 0 heterocycles. The van der Waals surface area contributed by atoms with Gasteiger partial charge in [0, 0.05) is 10.0 Å². The number of phenolic OH excluding ortho intramolecular Hbond substituents is 1. The van der Waals surface area contributed by atoms with Crippen LogP contribution >= 0.6 is 15.9 Å². The Morgan fingerprint density at radius 3 is 2.50 bits per heavy atom. The van der Waals surface area contributed by atoms with E-state index in [0.717, 1.165) is 19.3 Å². The number of methoxy groups -OCH3 is 1. The summed E-state index contributed by atoms with van der Waals surface area (Å²) in [6.45, 7) is 0. The van der Waals surface area contributed by atoms with Crippen LogP contribution in [-0.2, 0) is 10.2 Å². The highest BCUT2D eigenvalue weighted by molar-refractivity contribution is 9.10. The molecule has 1 aliphatic rings. The third kappa shape index (κ3) is 2.26. The van der Waals surface area contributed by atoms with E-state index < -0.39 is 17.2 Å². The second kappa shape index (κ2) is 5.60. The highest BCUT2D eigenvalue weighted by atomic mass is 79.9. The molecule has 0 bridgehead atoms. The summed E-state index contributed by atoms with van der Waals surface area (Å²) in [5.74, 6) is -2.50. The zero-order valence-corrected chi connectivity index (χ0v) is 12.7. The van der Waals surface area contributed by atoms with Crippen LogP contribution in [0.4, 0.5) is 4.39 Å². The molecule has 6 heteroatoms. The molecule has 0 aliphatic heterocycles. The zero-order chi connectivity index (χ0) is 14.9. The largest absolute Gasteiger partial charge is 0.504 e. The SMILES string of the molecule is COc1c(O)cc(Br)c(C2(C(=O)O)CCCCC2)c1F. The molecule has 110 valence electrons. The van der Waals surface area contributed by atoms with Crippen molar-refractivity contribution in [2.24, 2.45) is 0 Å². The summed E-state index contributed by atoms with van der Waals surface area (Å²) in [5.41, 5.74) is -1.19. The minimum Gasteiger partial charge on any atom is -0.504 e. The average molecular weight is 347 g/mol. The monoisotopic (exact) mass is 346 g/mol. The Labute approximate surface area is 124 Å². The van der Waals surface area contributed by atoms with Gasteiger partial charge in [-0.2, -0.15) is 0 Å². The number of aliphatic carboxylic acids is 1. The third-order valence-electron chi connectivity index (χ3n) is 3.95. The lowest BCUT2D eigenvalue weighted by molar-refractivity contribution is -0.145. The van der Waals surface area contributed by atoms with Crippen LogP contribution in [0.2, 0.25) is 0 Å². The zero-order valence-electron chi connectivity index (χ0n) is 11.1. The first-order valence-corrected chi connectivity index (χ1v) is 7.22. The Morgan fingerprint density at radius 2 is 2.00 bits per heavy atom. The van der Waals surface area contributed by atoms with Crippen molar-refractivity contribution in [2.45, 2.75) is 37.5 Å². The van der Waals surface area contributed by atoms with Crippen LogP contribution in [0.25, 0.3) is 0 Å². The molecule has 4 nitrogen and oxygen atoms in total. The summed E-state index contributed by atoms with van der Waals surface area (Å²) in [6, 6.07) is 1.29. The Balaban J connectivity index is 2.68. The van der Waals surface area contributed by atoms with Crippen LogP contribution < -0.4 is 4.74 Å². The molecule has 1 fully saturated rings. The van der Waals surface area contributed by atoms with Crippen molar-refractivity contribution in [3.8, 4) is 11.5 Å². The van der Waals surface area contributed by atoms with Gasteiger partial charge in [-0.05, 0) is 18.9 Å². The summed E-state index contributed by atoms with van der Waals surface area (Å²) >= 11 is 3.18. The standard InChI is InChI=1S/C14H16BrFO4/c1-20-12-9(17)7-8(15)10(11(12)16)14(13(18)19)5-3-2-4-6-14/h7,17H,2-6H2,1H3,(H,18,19). The fourth-order valence-electron chi connectivity index (χ4n) is 2.95. The molecule has 2 N–H and O–H groups in total. The highest BCUT2D eigenvalue weighted by Gasteiger charge is 2.45. The lowest BCUT2D eigenvalue weighted by Gasteiger charge is -2.34. The van der Waals surface area contributed by atoms with Gasteiger partial charge in [-0.15, -0.1) is 0 Å². The molecule has 0 aromatic heterocycles. The molecule has 0 atom stereocenters. The van der Waals surface area contributed by atoms with Crippen molar-refractivity contribution in [3.63, 3.8) is 0 Å². The normalized spacial score (nSPS) is 17.8. The number of ether oxygens (including phenoxy) is 1. The summed E-state index contributed by atoms with van der Waals surface area (Å²) in [7, 11) is 1.24. The fourth-order valence-corrected chi connectivity index (χ4v) is 3.72. The van der Waals surface area contributed by atoms with Crippen LogP contribution in [0.3, 0.4) is 0 Å². The quantitative estimate of drug-likeness (QED) is 0.877. The van der Waals surface area contributed by atoms with Gasteiger partial charge >= 0.3 is 5.97 Å².